The molecule has 1 saturated heterocycles. The van der Waals surface area contributed by atoms with Crippen molar-refractivity contribution >= 4 is 16.9 Å². The molecular weight excluding hydrogens is 341 g/mol. The fourth-order valence-electron chi connectivity index (χ4n) is 3.31. The molecule has 8 nitrogen and oxygen atoms in total. The number of benzene rings is 1. The SMILES string of the molecule is O=C(Cn1ccc(=O)[nH]c1=O)N1CCCC1c1nc2ccc(F)cc2[nH]1. The number of nitrogens with zero attached hydrogens (tertiary/aromatic N) is 3. The van der Waals surface area contributed by atoms with E-state index in [1.807, 2.05) is 0 Å². The molecule has 0 spiro atoms. The highest BCUT2D eigenvalue weighted by molar-refractivity contribution is 5.78. The van der Waals surface area contributed by atoms with Gasteiger partial charge in [-0.1, -0.05) is 0 Å². The fraction of sp³-hybridized carbons (Fsp3) is 0.294. The number of carbonyl (C=O) groups is 1. The fourth-order valence-corrected chi connectivity index (χ4v) is 3.31. The lowest BCUT2D eigenvalue weighted by Crippen LogP contribution is -2.38. The molecule has 0 radical (unpaired) electrons. The summed E-state index contributed by atoms with van der Waals surface area (Å²) in [6.45, 7) is 0.383. The van der Waals surface area contributed by atoms with E-state index in [-0.39, 0.29) is 24.3 Å². The van der Waals surface area contributed by atoms with Crippen molar-refractivity contribution in [3.63, 3.8) is 0 Å². The minimum absolute atomic E-state index is 0.166. The van der Waals surface area contributed by atoms with Crippen LogP contribution in [0.15, 0.2) is 40.1 Å². The van der Waals surface area contributed by atoms with Crippen molar-refractivity contribution in [2.45, 2.75) is 25.4 Å². The maximum Gasteiger partial charge on any atom is 0.328 e. The monoisotopic (exact) mass is 357 g/mol. The maximum absolute atomic E-state index is 13.4. The predicted octanol–water partition coefficient (Wildman–Crippen LogP) is 0.916. The van der Waals surface area contributed by atoms with Gasteiger partial charge in [0.2, 0.25) is 5.91 Å². The molecule has 134 valence electrons. The molecule has 4 rings (SSSR count). The third-order valence-corrected chi connectivity index (χ3v) is 4.55. The molecule has 0 aliphatic carbocycles. The first-order valence-electron chi connectivity index (χ1n) is 8.26. The van der Waals surface area contributed by atoms with Gasteiger partial charge in [-0.3, -0.25) is 19.1 Å². The zero-order valence-electron chi connectivity index (χ0n) is 13.7. The van der Waals surface area contributed by atoms with Crippen LogP contribution in [-0.4, -0.2) is 36.9 Å². The van der Waals surface area contributed by atoms with Crippen molar-refractivity contribution in [2.75, 3.05) is 6.54 Å². The van der Waals surface area contributed by atoms with Crippen LogP contribution in [0.25, 0.3) is 11.0 Å². The second-order valence-corrected chi connectivity index (χ2v) is 6.27. The topological polar surface area (TPSA) is 104 Å². The summed E-state index contributed by atoms with van der Waals surface area (Å²) < 4.78 is 14.5. The van der Waals surface area contributed by atoms with Crippen LogP contribution in [0.1, 0.15) is 24.7 Å². The molecule has 1 atom stereocenters. The van der Waals surface area contributed by atoms with E-state index in [0.717, 1.165) is 17.4 Å². The van der Waals surface area contributed by atoms with Crippen LogP contribution in [-0.2, 0) is 11.3 Å². The van der Waals surface area contributed by atoms with E-state index in [1.54, 1.807) is 11.0 Å². The summed E-state index contributed by atoms with van der Waals surface area (Å²) in [4.78, 5) is 46.9. The average Bonchev–Trinajstić information content (AvgIpc) is 3.23. The summed E-state index contributed by atoms with van der Waals surface area (Å²) in [5.74, 6) is 0.00282. The third kappa shape index (κ3) is 2.92. The van der Waals surface area contributed by atoms with Crippen LogP contribution >= 0.6 is 0 Å². The molecule has 3 heterocycles. The molecule has 2 N–H and O–H groups in total. The second kappa shape index (κ2) is 6.25. The lowest BCUT2D eigenvalue weighted by Gasteiger charge is -2.23. The number of halogens is 1. The van der Waals surface area contributed by atoms with Gasteiger partial charge in [0.25, 0.3) is 5.56 Å². The lowest BCUT2D eigenvalue weighted by atomic mass is 10.2. The Bertz CT molecular complexity index is 1100. The summed E-state index contributed by atoms with van der Waals surface area (Å²) in [5.41, 5.74) is 0.0850. The zero-order valence-corrected chi connectivity index (χ0v) is 13.7. The summed E-state index contributed by atoms with van der Waals surface area (Å²) in [5, 5.41) is 0. The number of aromatic nitrogens is 4. The van der Waals surface area contributed by atoms with Gasteiger partial charge in [-0.2, -0.15) is 0 Å². The number of fused-ring (bicyclic) bond motifs is 1. The number of rotatable bonds is 3. The first kappa shape index (κ1) is 16.2. The van der Waals surface area contributed by atoms with E-state index in [1.165, 1.54) is 24.4 Å². The van der Waals surface area contributed by atoms with E-state index in [0.29, 0.717) is 23.4 Å². The van der Waals surface area contributed by atoms with Crippen molar-refractivity contribution in [3.8, 4) is 0 Å². The van der Waals surface area contributed by atoms with Gasteiger partial charge >= 0.3 is 5.69 Å². The first-order chi connectivity index (χ1) is 12.5. The Hall–Kier alpha value is -3.23. The van der Waals surface area contributed by atoms with E-state index in [2.05, 4.69) is 15.0 Å². The van der Waals surface area contributed by atoms with Crippen LogP contribution in [0, 0.1) is 5.82 Å². The molecule has 9 heteroatoms. The Morgan fingerprint density at radius 3 is 2.92 bits per heavy atom. The number of amides is 1. The number of hydrogen-bond donors (Lipinski definition) is 2. The van der Waals surface area contributed by atoms with E-state index in [9.17, 15) is 18.8 Å². The first-order valence-corrected chi connectivity index (χ1v) is 8.26. The molecule has 1 amide bonds. The van der Waals surface area contributed by atoms with Gasteiger partial charge in [-0.05, 0) is 31.0 Å². The number of likely N-dealkylation sites (tertiary alicyclic amines) is 1. The van der Waals surface area contributed by atoms with Gasteiger partial charge in [-0.15, -0.1) is 0 Å². The molecule has 3 aromatic rings. The third-order valence-electron chi connectivity index (χ3n) is 4.55. The highest BCUT2D eigenvalue weighted by Gasteiger charge is 2.32. The normalized spacial score (nSPS) is 17.1. The Morgan fingerprint density at radius 2 is 2.12 bits per heavy atom. The molecule has 1 aliphatic rings. The minimum Gasteiger partial charge on any atom is -0.340 e. The Kier molecular flexibility index (Phi) is 3.90. The summed E-state index contributed by atoms with van der Waals surface area (Å²) in [7, 11) is 0. The van der Waals surface area contributed by atoms with Crippen molar-refractivity contribution < 1.29 is 9.18 Å². The summed E-state index contributed by atoms with van der Waals surface area (Å²) >= 11 is 0. The Labute approximate surface area is 146 Å². The predicted molar refractivity (Wildman–Crippen MR) is 91.1 cm³/mol. The van der Waals surface area contributed by atoms with Gasteiger partial charge in [0.1, 0.15) is 18.2 Å². The molecule has 1 aromatic carbocycles. The van der Waals surface area contributed by atoms with Crippen LogP contribution in [0.4, 0.5) is 4.39 Å². The summed E-state index contributed by atoms with van der Waals surface area (Å²) in [6.07, 6.45) is 2.84. The van der Waals surface area contributed by atoms with E-state index >= 15 is 0 Å². The number of imidazole rings is 1. The largest absolute Gasteiger partial charge is 0.340 e. The van der Waals surface area contributed by atoms with Gasteiger partial charge in [0, 0.05) is 18.8 Å². The van der Waals surface area contributed by atoms with Crippen molar-refractivity contribution in [1.82, 2.24) is 24.4 Å². The van der Waals surface area contributed by atoms with Gasteiger partial charge in [0.05, 0.1) is 17.1 Å². The van der Waals surface area contributed by atoms with Crippen LogP contribution in [0.5, 0.6) is 0 Å². The molecule has 1 unspecified atom stereocenters. The summed E-state index contributed by atoms with van der Waals surface area (Å²) in [6, 6.07) is 5.24. The van der Waals surface area contributed by atoms with Gasteiger partial charge in [0.15, 0.2) is 0 Å². The number of H-pyrrole nitrogens is 2. The van der Waals surface area contributed by atoms with Crippen molar-refractivity contribution in [1.29, 1.82) is 0 Å². The van der Waals surface area contributed by atoms with Crippen LogP contribution in [0.2, 0.25) is 0 Å². The molecule has 1 aliphatic heterocycles. The molecule has 1 fully saturated rings. The van der Waals surface area contributed by atoms with E-state index in [4.69, 9.17) is 0 Å². The number of carbonyl (C=O) groups excluding carboxylic acids is 1. The molecule has 0 bridgehead atoms. The van der Waals surface area contributed by atoms with Crippen LogP contribution < -0.4 is 11.2 Å². The van der Waals surface area contributed by atoms with Crippen molar-refractivity contribution in [3.05, 3.63) is 62.9 Å². The minimum atomic E-state index is -0.624. The van der Waals surface area contributed by atoms with Crippen molar-refractivity contribution in [2.24, 2.45) is 0 Å². The highest BCUT2D eigenvalue weighted by Crippen LogP contribution is 2.31. The zero-order chi connectivity index (χ0) is 18.3. The number of hydrogen-bond acceptors (Lipinski definition) is 4. The van der Waals surface area contributed by atoms with Gasteiger partial charge < -0.3 is 9.88 Å². The molecule has 26 heavy (non-hydrogen) atoms. The highest BCUT2D eigenvalue weighted by atomic mass is 19.1. The molecule has 2 aromatic heterocycles. The smallest absolute Gasteiger partial charge is 0.328 e. The quantitative estimate of drug-likeness (QED) is 0.727. The Balaban J connectivity index is 1.59. The Morgan fingerprint density at radius 1 is 1.27 bits per heavy atom. The number of aromatic amines is 2. The van der Waals surface area contributed by atoms with Crippen LogP contribution in [0.3, 0.4) is 0 Å². The standard InChI is InChI=1S/C17H16FN5O3/c18-10-3-4-11-12(8-10)20-16(19-11)13-2-1-6-23(13)15(25)9-22-7-5-14(24)21-17(22)26/h3-5,7-8,13H,1-2,6,9H2,(H,19,20)(H,21,24,26). The maximum atomic E-state index is 13.4. The second-order valence-electron chi connectivity index (χ2n) is 6.27. The number of nitrogens with one attached hydrogen (secondary N) is 2. The average molecular weight is 357 g/mol. The van der Waals surface area contributed by atoms with E-state index < -0.39 is 11.2 Å². The lowest BCUT2D eigenvalue weighted by molar-refractivity contribution is -0.133. The molecular formula is C17H16FN5O3. The van der Waals surface area contributed by atoms with Gasteiger partial charge in [-0.25, -0.2) is 14.2 Å². The molecule has 0 saturated carbocycles.